The van der Waals surface area contributed by atoms with Gasteiger partial charge in [0.2, 0.25) is 0 Å². The van der Waals surface area contributed by atoms with Crippen LogP contribution >= 0.6 is 0 Å². The van der Waals surface area contributed by atoms with Crippen molar-refractivity contribution in [3.63, 3.8) is 0 Å². The third-order valence-electron chi connectivity index (χ3n) is 3.31. The molecule has 21 heavy (non-hydrogen) atoms. The molecule has 0 amide bonds. The zero-order valence-corrected chi connectivity index (χ0v) is 13.1. The number of nitrogens with zero attached hydrogens (tertiary/aromatic N) is 1. The summed E-state index contributed by atoms with van der Waals surface area (Å²) in [5.41, 5.74) is 6.45. The van der Waals surface area contributed by atoms with E-state index in [0.29, 0.717) is 30.3 Å². The summed E-state index contributed by atoms with van der Waals surface area (Å²) in [6, 6.07) is 3.09. The third kappa shape index (κ3) is 4.53. The van der Waals surface area contributed by atoms with Crippen molar-refractivity contribution in [2.75, 3.05) is 46.2 Å². The smallest absolute Gasteiger partial charge is 0.340 e. The number of nitrogens with two attached hydrogens (primary N) is 1. The number of methoxy groups -OCH3 is 2. The minimum Gasteiger partial charge on any atom is -0.493 e. The second-order valence-electron chi connectivity index (χ2n) is 4.46. The van der Waals surface area contributed by atoms with Gasteiger partial charge in [0.15, 0.2) is 11.5 Å². The number of hydrogen-bond acceptors (Lipinski definition) is 6. The van der Waals surface area contributed by atoms with Crippen LogP contribution in [0, 0.1) is 0 Å². The van der Waals surface area contributed by atoms with Gasteiger partial charge in [0.25, 0.3) is 0 Å². The quantitative estimate of drug-likeness (QED) is 0.582. The van der Waals surface area contributed by atoms with Gasteiger partial charge in [-0.2, -0.15) is 0 Å². The summed E-state index contributed by atoms with van der Waals surface area (Å²) in [5, 5.41) is 0. The first-order valence-corrected chi connectivity index (χ1v) is 6.98. The summed E-state index contributed by atoms with van der Waals surface area (Å²) >= 11 is 0. The van der Waals surface area contributed by atoms with E-state index in [9.17, 15) is 4.79 Å². The number of esters is 1. The lowest BCUT2D eigenvalue weighted by molar-refractivity contribution is 0.0467. The number of nitrogen functional groups attached to an aromatic ring is 1. The Morgan fingerprint density at radius 3 is 2.24 bits per heavy atom. The minimum atomic E-state index is -0.458. The average molecular weight is 296 g/mol. The number of benzene rings is 1. The molecule has 0 saturated carbocycles. The van der Waals surface area contributed by atoms with Crippen molar-refractivity contribution in [1.29, 1.82) is 0 Å². The first-order valence-electron chi connectivity index (χ1n) is 6.98. The maximum Gasteiger partial charge on any atom is 0.340 e. The summed E-state index contributed by atoms with van der Waals surface area (Å²) in [7, 11) is 3.02. The molecule has 1 rings (SSSR count). The van der Waals surface area contributed by atoms with Gasteiger partial charge in [-0.1, -0.05) is 13.8 Å². The second-order valence-corrected chi connectivity index (χ2v) is 4.46. The van der Waals surface area contributed by atoms with Crippen molar-refractivity contribution in [3.8, 4) is 11.5 Å². The van der Waals surface area contributed by atoms with Gasteiger partial charge >= 0.3 is 5.97 Å². The van der Waals surface area contributed by atoms with Crippen LogP contribution in [-0.4, -0.2) is 51.3 Å². The Balaban J connectivity index is 2.74. The van der Waals surface area contributed by atoms with Crippen LogP contribution in [0.5, 0.6) is 11.5 Å². The number of carbonyl (C=O) groups is 1. The van der Waals surface area contributed by atoms with Crippen LogP contribution < -0.4 is 15.2 Å². The van der Waals surface area contributed by atoms with E-state index in [1.54, 1.807) is 6.07 Å². The van der Waals surface area contributed by atoms with E-state index in [2.05, 4.69) is 18.7 Å². The zero-order chi connectivity index (χ0) is 15.8. The molecule has 0 heterocycles. The highest BCUT2D eigenvalue weighted by Crippen LogP contribution is 2.32. The van der Waals surface area contributed by atoms with Crippen molar-refractivity contribution in [3.05, 3.63) is 17.7 Å². The van der Waals surface area contributed by atoms with Gasteiger partial charge in [0.05, 0.1) is 25.5 Å². The zero-order valence-electron chi connectivity index (χ0n) is 13.1. The molecule has 0 spiro atoms. The highest BCUT2D eigenvalue weighted by Gasteiger charge is 2.16. The largest absolute Gasteiger partial charge is 0.493 e. The third-order valence-corrected chi connectivity index (χ3v) is 3.31. The van der Waals surface area contributed by atoms with E-state index in [1.165, 1.54) is 20.3 Å². The van der Waals surface area contributed by atoms with Gasteiger partial charge in [-0.25, -0.2) is 4.79 Å². The second kappa shape index (κ2) is 8.36. The minimum absolute atomic E-state index is 0.284. The molecular formula is C15H24N2O4. The average Bonchev–Trinajstić information content (AvgIpc) is 2.50. The highest BCUT2D eigenvalue weighted by atomic mass is 16.5. The van der Waals surface area contributed by atoms with E-state index >= 15 is 0 Å². The molecule has 0 aliphatic carbocycles. The monoisotopic (exact) mass is 296 g/mol. The molecule has 1 aromatic rings. The summed E-state index contributed by atoms with van der Waals surface area (Å²) < 4.78 is 15.6. The van der Waals surface area contributed by atoms with Gasteiger partial charge in [0, 0.05) is 18.7 Å². The lowest BCUT2D eigenvalue weighted by Gasteiger charge is -2.18. The Morgan fingerprint density at radius 2 is 1.71 bits per heavy atom. The Bertz CT molecular complexity index is 473. The van der Waals surface area contributed by atoms with Gasteiger partial charge in [0.1, 0.15) is 6.61 Å². The molecule has 6 heteroatoms. The summed E-state index contributed by atoms with van der Waals surface area (Å²) in [5.74, 6) is 0.470. The summed E-state index contributed by atoms with van der Waals surface area (Å²) in [4.78, 5) is 14.2. The lowest BCUT2D eigenvalue weighted by Crippen LogP contribution is -2.28. The topological polar surface area (TPSA) is 74.0 Å². The Labute approximate surface area is 125 Å². The van der Waals surface area contributed by atoms with Crippen LogP contribution in [0.1, 0.15) is 24.2 Å². The number of hydrogen-bond donors (Lipinski definition) is 1. The Morgan fingerprint density at radius 1 is 1.14 bits per heavy atom. The van der Waals surface area contributed by atoms with E-state index in [-0.39, 0.29) is 5.56 Å². The molecule has 0 atom stereocenters. The number of rotatable bonds is 8. The van der Waals surface area contributed by atoms with Crippen molar-refractivity contribution in [1.82, 2.24) is 4.90 Å². The SMILES string of the molecule is CCN(CC)CCOC(=O)c1cc(OC)c(OC)cc1N. The van der Waals surface area contributed by atoms with Gasteiger partial charge in [-0.15, -0.1) is 0 Å². The Hall–Kier alpha value is -1.95. The van der Waals surface area contributed by atoms with E-state index in [4.69, 9.17) is 19.9 Å². The van der Waals surface area contributed by atoms with Crippen LogP contribution in [0.15, 0.2) is 12.1 Å². The van der Waals surface area contributed by atoms with Gasteiger partial charge in [-0.05, 0) is 13.1 Å². The molecule has 2 N–H and O–H groups in total. The summed E-state index contributed by atoms with van der Waals surface area (Å²) in [6.07, 6.45) is 0. The maximum atomic E-state index is 12.1. The van der Waals surface area contributed by atoms with Crippen molar-refractivity contribution in [2.45, 2.75) is 13.8 Å². The van der Waals surface area contributed by atoms with E-state index < -0.39 is 5.97 Å². The van der Waals surface area contributed by atoms with Gasteiger partial charge < -0.3 is 24.8 Å². The molecule has 0 unspecified atom stereocenters. The molecule has 0 saturated heterocycles. The molecule has 1 aromatic carbocycles. The fourth-order valence-corrected chi connectivity index (χ4v) is 1.96. The fourth-order valence-electron chi connectivity index (χ4n) is 1.96. The molecule has 0 aromatic heterocycles. The van der Waals surface area contributed by atoms with Crippen LogP contribution in [0.2, 0.25) is 0 Å². The van der Waals surface area contributed by atoms with Crippen LogP contribution in [-0.2, 0) is 4.74 Å². The van der Waals surface area contributed by atoms with Crippen molar-refractivity contribution >= 4 is 11.7 Å². The first kappa shape index (κ1) is 17.1. The number of anilines is 1. The molecule has 0 aliphatic heterocycles. The molecule has 0 aliphatic rings. The highest BCUT2D eigenvalue weighted by molar-refractivity contribution is 5.96. The number of likely N-dealkylation sites (N-methyl/N-ethyl adjacent to an activating group) is 1. The predicted molar refractivity (Wildman–Crippen MR) is 82.0 cm³/mol. The van der Waals surface area contributed by atoms with E-state index in [1.807, 2.05) is 0 Å². The van der Waals surface area contributed by atoms with Crippen molar-refractivity contribution < 1.29 is 19.0 Å². The fraction of sp³-hybridized carbons (Fsp3) is 0.533. The normalized spacial score (nSPS) is 10.5. The standard InChI is InChI=1S/C15H24N2O4/c1-5-17(6-2)7-8-21-15(18)11-9-13(19-3)14(20-4)10-12(11)16/h9-10H,5-8,16H2,1-4H3. The molecule has 0 bridgehead atoms. The molecule has 0 radical (unpaired) electrons. The molecule has 6 nitrogen and oxygen atoms in total. The first-order chi connectivity index (χ1) is 10.1. The predicted octanol–water partition coefficient (Wildman–Crippen LogP) is 1.78. The maximum absolute atomic E-state index is 12.1. The van der Waals surface area contributed by atoms with Crippen LogP contribution in [0.25, 0.3) is 0 Å². The van der Waals surface area contributed by atoms with E-state index in [0.717, 1.165) is 13.1 Å². The van der Waals surface area contributed by atoms with Gasteiger partial charge in [-0.3, -0.25) is 0 Å². The number of ether oxygens (including phenoxy) is 3. The summed E-state index contributed by atoms with van der Waals surface area (Å²) in [6.45, 7) is 7.01. The van der Waals surface area contributed by atoms with Crippen LogP contribution in [0.4, 0.5) is 5.69 Å². The lowest BCUT2D eigenvalue weighted by atomic mass is 10.1. The van der Waals surface area contributed by atoms with Crippen molar-refractivity contribution in [2.24, 2.45) is 0 Å². The molecule has 0 fully saturated rings. The molecule has 118 valence electrons. The molecular weight excluding hydrogens is 272 g/mol. The van der Waals surface area contributed by atoms with Crippen LogP contribution in [0.3, 0.4) is 0 Å². The Kier molecular flexibility index (Phi) is 6.81. The number of carbonyl (C=O) groups excluding carboxylic acids is 1.